The number of ether oxygens (including phenoxy) is 2. The van der Waals surface area contributed by atoms with E-state index in [1.54, 1.807) is 17.0 Å². The van der Waals surface area contributed by atoms with Crippen molar-refractivity contribution in [1.82, 2.24) is 10.2 Å². The van der Waals surface area contributed by atoms with Crippen LogP contribution in [0, 0.1) is 5.82 Å². The third-order valence-corrected chi connectivity index (χ3v) is 7.46. The predicted octanol–water partition coefficient (Wildman–Crippen LogP) is 5.55. The maximum absolute atomic E-state index is 13.5. The van der Waals surface area contributed by atoms with E-state index in [2.05, 4.69) is 10.3 Å². The molecule has 7 nitrogen and oxygen atoms in total. The summed E-state index contributed by atoms with van der Waals surface area (Å²) in [6.07, 6.45) is 1.33. The molecule has 1 aliphatic rings. The summed E-state index contributed by atoms with van der Waals surface area (Å²) < 4.78 is 24.8. The van der Waals surface area contributed by atoms with E-state index in [0.29, 0.717) is 61.5 Å². The first-order valence-corrected chi connectivity index (χ1v) is 14.4. The molecule has 0 spiro atoms. The van der Waals surface area contributed by atoms with Crippen LogP contribution in [0.3, 0.4) is 0 Å². The van der Waals surface area contributed by atoms with Crippen LogP contribution in [-0.2, 0) is 22.4 Å². The first-order chi connectivity index (χ1) is 19.5. The molecule has 1 heterocycles. The van der Waals surface area contributed by atoms with Gasteiger partial charge < -0.3 is 14.8 Å². The van der Waals surface area contributed by atoms with Gasteiger partial charge in [0.25, 0.3) is 0 Å². The minimum absolute atomic E-state index is 0.0747. The van der Waals surface area contributed by atoms with E-state index in [0.717, 1.165) is 11.1 Å². The molecule has 40 heavy (non-hydrogen) atoms. The zero-order valence-corrected chi connectivity index (χ0v) is 23.6. The summed E-state index contributed by atoms with van der Waals surface area (Å²) in [5.41, 5.74) is 2.62. The van der Waals surface area contributed by atoms with E-state index in [1.165, 1.54) is 23.9 Å². The molecule has 0 bridgehead atoms. The summed E-state index contributed by atoms with van der Waals surface area (Å²) in [6, 6.07) is 21.4. The van der Waals surface area contributed by atoms with Crippen LogP contribution in [0.4, 0.5) is 10.1 Å². The average molecular weight is 564 g/mol. The fourth-order valence-corrected chi connectivity index (χ4v) is 5.42. The maximum atomic E-state index is 13.5. The molecule has 210 valence electrons. The Morgan fingerprint density at radius 3 is 2.42 bits per heavy atom. The van der Waals surface area contributed by atoms with Crippen LogP contribution in [0.2, 0.25) is 0 Å². The van der Waals surface area contributed by atoms with Crippen molar-refractivity contribution in [2.45, 2.75) is 38.4 Å². The minimum Gasteiger partial charge on any atom is -0.490 e. The number of amidine groups is 1. The lowest BCUT2D eigenvalue weighted by Crippen LogP contribution is -2.47. The van der Waals surface area contributed by atoms with E-state index in [1.807, 2.05) is 62.4 Å². The summed E-state index contributed by atoms with van der Waals surface area (Å²) in [6.45, 7) is 5.75. The average Bonchev–Trinajstić information content (AvgIpc) is 2.96. The quantitative estimate of drug-likeness (QED) is 0.313. The lowest BCUT2D eigenvalue weighted by Gasteiger charge is -2.32. The van der Waals surface area contributed by atoms with Gasteiger partial charge in [-0.15, -0.1) is 0 Å². The lowest BCUT2D eigenvalue weighted by atomic mass is 10.1. The smallest absolute Gasteiger partial charge is 0.234 e. The van der Waals surface area contributed by atoms with Gasteiger partial charge in [-0.1, -0.05) is 48.2 Å². The number of amides is 2. The van der Waals surface area contributed by atoms with Gasteiger partial charge >= 0.3 is 0 Å². The molecule has 0 aliphatic carbocycles. The Hall–Kier alpha value is -3.85. The van der Waals surface area contributed by atoms with E-state index in [9.17, 15) is 14.0 Å². The van der Waals surface area contributed by atoms with Crippen molar-refractivity contribution in [3.05, 3.63) is 89.7 Å². The molecule has 1 aliphatic heterocycles. The minimum atomic E-state index is -0.612. The predicted molar refractivity (Wildman–Crippen MR) is 157 cm³/mol. The van der Waals surface area contributed by atoms with Crippen molar-refractivity contribution in [2.75, 3.05) is 26.3 Å². The molecule has 1 fully saturated rings. The summed E-state index contributed by atoms with van der Waals surface area (Å²) in [7, 11) is 0. The van der Waals surface area contributed by atoms with Crippen LogP contribution < -0.4 is 14.8 Å². The third kappa shape index (κ3) is 8.08. The number of carbonyl (C=O) groups excluding carboxylic acids is 2. The maximum Gasteiger partial charge on any atom is 0.234 e. The molecule has 0 saturated carbocycles. The van der Waals surface area contributed by atoms with Crippen LogP contribution in [-0.4, -0.2) is 53.4 Å². The van der Waals surface area contributed by atoms with Crippen LogP contribution in [0.5, 0.6) is 11.5 Å². The molecule has 2 amide bonds. The molecule has 9 heteroatoms. The molecule has 0 aromatic heterocycles. The van der Waals surface area contributed by atoms with Crippen molar-refractivity contribution in [3.8, 4) is 11.5 Å². The van der Waals surface area contributed by atoms with Gasteiger partial charge in [0.15, 0.2) is 16.7 Å². The molecule has 1 atom stereocenters. The van der Waals surface area contributed by atoms with Crippen molar-refractivity contribution < 1.29 is 23.5 Å². The molecule has 4 rings (SSSR count). The Morgan fingerprint density at radius 1 is 0.975 bits per heavy atom. The number of aliphatic imine (C=N–C) groups is 1. The number of carbonyl (C=O) groups is 2. The Labute approximate surface area is 238 Å². The van der Waals surface area contributed by atoms with E-state index >= 15 is 0 Å². The molecular formula is C31H34FN3O4S. The Balaban J connectivity index is 1.42. The monoisotopic (exact) mass is 563 g/mol. The highest BCUT2D eigenvalue weighted by Crippen LogP contribution is 2.30. The van der Waals surface area contributed by atoms with Gasteiger partial charge in [0, 0.05) is 19.5 Å². The van der Waals surface area contributed by atoms with Crippen LogP contribution in [0.15, 0.2) is 77.8 Å². The topological polar surface area (TPSA) is 80.2 Å². The number of benzene rings is 3. The Morgan fingerprint density at radius 2 is 1.70 bits per heavy atom. The second-order valence-corrected chi connectivity index (χ2v) is 10.3. The van der Waals surface area contributed by atoms with Gasteiger partial charge in [-0.2, -0.15) is 0 Å². The standard InChI is InChI=1S/C31H34FN3O4S/c1-3-38-26-15-10-23(20-27(26)39-4-2)16-18-33-30(37)28-21-29(36)35(19-17-22-8-6-5-7-9-22)31(40-28)34-25-13-11-24(32)12-14-25/h5-15,20,28H,3-4,16-19,21H2,1-2H3,(H,33,37). The fraction of sp³-hybridized carbons (Fsp3) is 0.323. The number of halogens is 1. The number of nitrogens with one attached hydrogen (secondary N) is 1. The summed E-state index contributed by atoms with van der Waals surface area (Å²) in [5.74, 6) is 0.626. The molecular weight excluding hydrogens is 529 g/mol. The van der Waals surface area contributed by atoms with E-state index in [-0.39, 0.29) is 24.1 Å². The molecule has 0 radical (unpaired) electrons. The highest BCUT2D eigenvalue weighted by atomic mass is 32.2. The number of rotatable bonds is 12. The summed E-state index contributed by atoms with van der Waals surface area (Å²) in [5, 5.41) is 2.79. The summed E-state index contributed by atoms with van der Waals surface area (Å²) in [4.78, 5) is 32.6. The van der Waals surface area contributed by atoms with Crippen molar-refractivity contribution in [3.63, 3.8) is 0 Å². The number of thioether (sulfide) groups is 1. The Kier molecular flexibility index (Phi) is 10.6. The second-order valence-electron chi connectivity index (χ2n) is 9.15. The van der Waals surface area contributed by atoms with Crippen molar-refractivity contribution >= 4 is 34.4 Å². The van der Waals surface area contributed by atoms with Gasteiger partial charge in [0.2, 0.25) is 11.8 Å². The Bertz CT molecular complexity index is 1320. The van der Waals surface area contributed by atoms with Gasteiger partial charge in [0.05, 0.1) is 24.2 Å². The van der Waals surface area contributed by atoms with Gasteiger partial charge in [-0.25, -0.2) is 9.38 Å². The highest BCUT2D eigenvalue weighted by molar-refractivity contribution is 8.15. The zero-order chi connectivity index (χ0) is 28.3. The SMILES string of the molecule is CCOc1ccc(CCNC(=O)C2CC(=O)N(CCc3ccccc3)C(=Nc3ccc(F)cc3)S2)cc1OCC. The lowest BCUT2D eigenvalue weighted by molar-refractivity contribution is -0.130. The van der Waals surface area contributed by atoms with Crippen LogP contribution in [0.1, 0.15) is 31.4 Å². The van der Waals surface area contributed by atoms with Gasteiger partial charge in [-0.05, 0) is 74.2 Å². The van der Waals surface area contributed by atoms with Crippen molar-refractivity contribution in [1.29, 1.82) is 0 Å². The molecule has 3 aromatic carbocycles. The number of hydrogen-bond donors (Lipinski definition) is 1. The van der Waals surface area contributed by atoms with E-state index in [4.69, 9.17) is 9.47 Å². The third-order valence-electron chi connectivity index (χ3n) is 6.27. The molecule has 3 aromatic rings. The highest BCUT2D eigenvalue weighted by Gasteiger charge is 2.35. The first kappa shape index (κ1) is 29.1. The van der Waals surface area contributed by atoms with Crippen molar-refractivity contribution in [2.24, 2.45) is 4.99 Å². The molecule has 1 N–H and O–H groups in total. The number of nitrogens with zero attached hydrogens (tertiary/aromatic N) is 2. The number of hydrogen-bond acceptors (Lipinski definition) is 6. The fourth-order valence-electron chi connectivity index (χ4n) is 4.27. The summed E-state index contributed by atoms with van der Waals surface area (Å²) >= 11 is 1.26. The zero-order valence-electron chi connectivity index (χ0n) is 22.8. The normalized spacial score (nSPS) is 16.2. The van der Waals surface area contributed by atoms with Crippen LogP contribution in [0.25, 0.3) is 0 Å². The van der Waals surface area contributed by atoms with Crippen LogP contribution >= 0.6 is 11.8 Å². The van der Waals surface area contributed by atoms with Gasteiger partial charge in [0.1, 0.15) is 5.82 Å². The molecule has 1 unspecified atom stereocenters. The largest absolute Gasteiger partial charge is 0.490 e. The first-order valence-electron chi connectivity index (χ1n) is 13.5. The van der Waals surface area contributed by atoms with E-state index < -0.39 is 5.25 Å². The molecule has 1 saturated heterocycles. The van der Waals surface area contributed by atoms with Gasteiger partial charge in [-0.3, -0.25) is 14.5 Å². The second kappa shape index (κ2) is 14.5.